The van der Waals surface area contributed by atoms with Gasteiger partial charge in [-0.15, -0.1) is 0 Å². The summed E-state index contributed by atoms with van der Waals surface area (Å²) in [6, 6.07) is 2.04. The summed E-state index contributed by atoms with van der Waals surface area (Å²) in [5.41, 5.74) is 0.190. The van der Waals surface area contributed by atoms with Gasteiger partial charge in [0.1, 0.15) is 6.04 Å². The Balaban J connectivity index is 3.05. The maximum absolute atomic E-state index is 13.1. The maximum atomic E-state index is 13.1. The van der Waals surface area contributed by atoms with Gasteiger partial charge in [0.25, 0.3) is 0 Å². The Morgan fingerprint density at radius 2 is 1.94 bits per heavy atom. The number of halogens is 2. The molecular formula is C12H14F2N2O2. The highest BCUT2D eigenvalue weighted by Crippen LogP contribution is 2.17. The summed E-state index contributed by atoms with van der Waals surface area (Å²) in [6.45, 7) is 1.63. The number of carbonyl (C=O) groups excluding carboxylic acids is 2. The summed E-state index contributed by atoms with van der Waals surface area (Å²) in [6.07, 6.45) is 0.192. The molecule has 4 nitrogen and oxygen atoms in total. The molecule has 0 aliphatic heterocycles. The molecule has 1 unspecified atom stereocenters. The zero-order valence-corrected chi connectivity index (χ0v) is 10.1. The molecule has 18 heavy (non-hydrogen) atoms. The van der Waals surface area contributed by atoms with E-state index in [4.69, 9.17) is 0 Å². The van der Waals surface area contributed by atoms with E-state index in [1.807, 2.05) is 0 Å². The predicted octanol–water partition coefficient (Wildman–Crippen LogP) is 1.28. The highest BCUT2D eigenvalue weighted by atomic mass is 19.2. The van der Waals surface area contributed by atoms with Crippen molar-refractivity contribution in [1.29, 1.82) is 0 Å². The van der Waals surface area contributed by atoms with Crippen molar-refractivity contribution in [2.45, 2.75) is 19.4 Å². The van der Waals surface area contributed by atoms with Crippen LogP contribution < -0.4 is 10.6 Å². The van der Waals surface area contributed by atoms with Crippen LogP contribution in [0.1, 0.15) is 24.9 Å². The van der Waals surface area contributed by atoms with Crippen molar-refractivity contribution in [3.63, 3.8) is 0 Å². The third-order valence-corrected chi connectivity index (χ3v) is 2.41. The second-order valence-corrected chi connectivity index (χ2v) is 3.64. The van der Waals surface area contributed by atoms with E-state index in [1.54, 1.807) is 6.92 Å². The SMILES string of the molecule is CCC(=O)NC(C(=O)NC)c1ccc(F)c(F)c1. The second-order valence-electron chi connectivity index (χ2n) is 3.64. The highest BCUT2D eigenvalue weighted by molar-refractivity contribution is 5.88. The van der Waals surface area contributed by atoms with Gasteiger partial charge >= 0.3 is 0 Å². The summed E-state index contributed by atoms with van der Waals surface area (Å²) in [4.78, 5) is 22.9. The molecule has 0 bridgehead atoms. The van der Waals surface area contributed by atoms with E-state index in [9.17, 15) is 18.4 Å². The minimum absolute atomic E-state index is 0.190. The van der Waals surface area contributed by atoms with Gasteiger partial charge in [-0.1, -0.05) is 13.0 Å². The lowest BCUT2D eigenvalue weighted by Crippen LogP contribution is -2.38. The first kappa shape index (κ1) is 14.1. The molecule has 0 saturated carbocycles. The van der Waals surface area contributed by atoms with E-state index in [0.29, 0.717) is 0 Å². The molecule has 1 rings (SSSR count). The van der Waals surface area contributed by atoms with Gasteiger partial charge in [-0.2, -0.15) is 0 Å². The van der Waals surface area contributed by atoms with Crippen molar-refractivity contribution < 1.29 is 18.4 Å². The molecule has 2 N–H and O–H groups in total. The Morgan fingerprint density at radius 1 is 1.28 bits per heavy atom. The summed E-state index contributed by atoms with van der Waals surface area (Å²) >= 11 is 0. The molecule has 0 saturated heterocycles. The summed E-state index contributed by atoms with van der Waals surface area (Å²) in [5.74, 6) is -2.92. The fourth-order valence-corrected chi connectivity index (χ4v) is 1.40. The van der Waals surface area contributed by atoms with Gasteiger partial charge < -0.3 is 10.6 Å². The van der Waals surface area contributed by atoms with Crippen LogP contribution in [-0.4, -0.2) is 18.9 Å². The van der Waals surface area contributed by atoms with Gasteiger partial charge in [0.2, 0.25) is 11.8 Å². The Kier molecular flexibility index (Phi) is 4.76. The van der Waals surface area contributed by atoms with Crippen molar-refractivity contribution in [3.8, 4) is 0 Å². The second kappa shape index (κ2) is 6.09. The fourth-order valence-electron chi connectivity index (χ4n) is 1.40. The van der Waals surface area contributed by atoms with Crippen molar-refractivity contribution in [1.82, 2.24) is 10.6 Å². The summed E-state index contributed by atoms with van der Waals surface area (Å²) in [7, 11) is 1.40. The van der Waals surface area contributed by atoms with Crippen LogP contribution in [0.5, 0.6) is 0 Å². The molecule has 0 radical (unpaired) electrons. The van der Waals surface area contributed by atoms with Crippen LogP contribution in [0, 0.1) is 11.6 Å². The minimum atomic E-state index is -1.06. The number of nitrogens with one attached hydrogen (secondary N) is 2. The molecule has 0 aliphatic carbocycles. The van der Waals surface area contributed by atoms with Crippen LogP contribution >= 0.6 is 0 Å². The molecule has 1 aromatic carbocycles. The average molecular weight is 256 g/mol. The Morgan fingerprint density at radius 3 is 2.44 bits per heavy atom. The number of benzene rings is 1. The predicted molar refractivity (Wildman–Crippen MR) is 61.6 cm³/mol. The first-order valence-corrected chi connectivity index (χ1v) is 5.45. The molecule has 0 heterocycles. The van der Waals surface area contributed by atoms with Crippen LogP contribution in [0.3, 0.4) is 0 Å². The van der Waals surface area contributed by atoms with E-state index in [1.165, 1.54) is 13.1 Å². The molecule has 0 spiro atoms. The highest BCUT2D eigenvalue weighted by Gasteiger charge is 2.22. The van der Waals surface area contributed by atoms with Crippen LogP contribution in [0.15, 0.2) is 18.2 Å². The van der Waals surface area contributed by atoms with Gasteiger partial charge in [0.15, 0.2) is 11.6 Å². The van der Waals surface area contributed by atoms with Crippen LogP contribution in [-0.2, 0) is 9.59 Å². The first-order chi connectivity index (χ1) is 8.49. The normalized spacial score (nSPS) is 11.8. The van der Waals surface area contributed by atoms with E-state index in [2.05, 4.69) is 10.6 Å². The first-order valence-electron chi connectivity index (χ1n) is 5.45. The topological polar surface area (TPSA) is 58.2 Å². The van der Waals surface area contributed by atoms with Crippen LogP contribution in [0.25, 0.3) is 0 Å². The molecule has 0 aromatic heterocycles. The van der Waals surface area contributed by atoms with E-state index in [-0.39, 0.29) is 17.9 Å². The van der Waals surface area contributed by atoms with Gasteiger partial charge in [-0.05, 0) is 17.7 Å². The number of amides is 2. The largest absolute Gasteiger partial charge is 0.357 e. The van der Waals surface area contributed by atoms with Crippen molar-refractivity contribution >= 4 is 11.8 Å². The van der Waals surface area contributed by atoms with Crippen LogP contribution in [0.2, 0.25) is 0 Å². The average Bonchev–Trinajstić information content (AvgIpc) is 2.38. The van der Waals surface area contributed by atoms with Crippen molar-refractivity contribution in [3.05, 3.63) is 35.4 Å². The molecule has 2 amide bonds. The number of hydrogen-bond donors (Lipinski definition) is 2. The molecule has 0 aliphatic rings. The van der Waals surface area contributed by atoms with Crippen LogP contribution in [0.4, 0.5) is 8.78 Å². The van der Waals surface area contributed by atoms with Gasteiger partial charge in [0.05, 0.1) is 0 Å². The number of carbonyl (C=O) groups is 2. The summed E-state index contributed by atoms with van der Waals surface area (Å²) < 4.78 is 25.9. The van der Waals surface area contributed by atoms with Gasteiger partial charge in [-0.3, -0.25) is 9.59 Å². The number of likely N-dealkylation sites (N-methyl/N-ethyl adjacent to an activating group) is 1. The molecular weight excluding hydrogens is 242 g/mol. The number of rotatable bonds is 4. The quantitative estimate of drug-likeness (QED) is 0.852. The Labute approximate surface area is 103 Å². The van der Waals surface area contributed by atoms with E-state index >= 15 is 0 Å². The van der Waals surface area contributed by atoms with Gasteiger partial charge in [0, 0.05) is 13.5 Å². The smallest absolute Gasteiger partial charge is 0.246 e. The Bertz CT molecular complexity index is 463. The standard InChI is InChI=1S/C12H14F2N2O2/c1-3-10(17)16-11(12(18)15-2)7-4-5-8(13)9(14)6-7/h4-6,11H,3H2,1-2H3,(H,15,18)(H,16,17). The molecule has 6 heteroatoms. The Hall–Kier alpha value is -1.98. The maximum Gasteiger partial charge on any atom is 0.246 e. The van der Waals surface area contributed by atoms with Crippen molar-refractivity contribution in [2.75, 3.05) is 7.05 Å². The zero-order valence-electron chi connectivity index (χ0n) is 10.1. The monoisotopic (exact) mass is 256 g/mol. The molecule has 1 aromatic rings. The van der Waals surface area contributed by atoms with Gasteiger partial charge in [-0.25, -0.2) is 8.78 Å². The third-order valence-electron chi connectivity index (χ3n) is 2.41. The minimum Gasteiger partial charge on any atom is -0.357 e. The lowest BCUT2D eigenvalue weighted by molar-refractivity contribution is -0.128. The lowest BCUT2D eigenvalue weighted by Gasteiger charge is -2.17. The molecule has 98 valence electrons. The van der Waals surface area contributed by atoms with Crippen molar-refractivity contribution in [2.24, 2.45) is 0 Å². The van der Waals surface area contributed by atoms with E-state index in [0.717, 1.165) is 12.1 Å². The lowest BCUT2D eigenvalue weighted by atomic mass is 10.1. The molecule has 0 fully saturated rings. The van der Waals surface area contributed by atoms with E-state index < -0.39 is 23.6 Å². The number of hydrogen-bond acceptors (Lipinski definition) is 2. The third kappa shape index (κ3) is 3.26. The fraction of sp³-hybridized carbons (Fsp3) is 0.333. The zero-order chi connectivity index (χ0) is 13.7. The molecule has 1 atom stereocenters. The summed E-state index contributed by atoms with van der Waals surface area (Å²) in [5, 5.41) is 4.80.